The van der Waals surface area contributed by atoms with Gasteiger partial charge >= 0.3 is 0 Å². The Labute approximate surface area is 110 Å². The largest absolute Gasteiger partial charge is 0.374 e. The average Bonchev–Trinajstić information content (AvgIpc) is 2.72. The maximum Gasteiger partial charge on any atom is 0.280 e. The van der Waals surface area contributed by atoms with Crippen molar-refractivity contribution >= 4 is 33.0 Å². The van der Waals surface area contributed by atoms with E-state index in [9.17, 15) is 4.79 Å². The molecule has 0 saturated heterocycles. The molecule has 1 unspecified atom stereocenters. The van der Waals surface area contributed by atoms with Crippen LogP contribution in [0.2, 0.25) is 0 Å². The molecule has 0 radical (unpaired) electrons. The molecule has 2 N–H and O–H groups in total. The first-order valence-corrected chi connectivity index (χ1v) is 6.61. The summed E-state index contributed by atoms with van der Waals surface area (Å²) >= 11 is 4.85. The third-order valence-corrected chi connectivity index (χ3v) is 4.06. The summed E-state index contributed by atoms with van der Waals surface area (Å²) in [5.41, 5.74) is 0.409. The molecule has 2 rings (SSSR count). The van der Waals surface area contributed by atoms with E-state index in [0.717, 1.165) is 9.88 Å². The van der Waals surface area contributed by atoms with Crippen molar-refractivity contribution < 1.29 is 0 Å². The standard InChI is InChI=1S/C10H11BrN4OS/c1-5-3-12-10(17-5)6(2)14-7-4-13-15-9(16)8(7)11/h3-4,6H,1-2H3,(H2,14,15,16). The molecule has 0 aliphatic carbocycles. The van der Waals surface area contributed by atoms with Crippen molar-refractivity contribution in [1.82, 2.24) is 15.2 Å². The van der Waals surface area contributed by atoms with E-state index in [1.165, 1.54) is 0 Å². The van der Waals surface area contributed by atoms with Gasteiger partial charge < -0.3 is 5.32 Å². The first kappa shape index (κ1) is 12.3. The summed E-state index contributed by atoms with van der Waals surface area (Å²) in [6.07, 6.45) is 3.41. The third-order valence-electron chi connectivity index (χ3n) is 2.18. The summed E-state index contributed by atoms with van der Waals surface area (Å²) in [4.78, 5) is 16.8. The normalized spacial score (nSPS) is 12.4. The molecule has 2 aromatic rings. The number of H-pyrrole nitrogens is 1. The number of hydrogen-bond donors (Lipinski definition) is 2. The zero-order valence-electron chi connectivity index (χ0n) is 9.32. The molecular formula is C10H11BrN4OS. The highest BCUT2D eigenvalue weighted by Gasteiger charge is 2.12. The van der Waals surface area contributed by atoms with E-state index in [1.807, 2.05) is 20.0 Å². The molecule has 0 aliphatic heterocycles. The lowest BCUT2D eigenvalue weighted by molar-refractivity contribution is 0.859. The number of hydrogen-bond acceptors (Lipinski definition) is 5. The fourth-order valence-corrected chi connectivity index (χ4v) is 2.43. The van der Waals surface area contributed by atoms with Crippen LogP contribution >= 0.6 is 27.3 Å². The maximum absolute atomic E-state index is 11.3. The van der Waals surface area contributed by atoms with Crippen molar-refractivity contribution in [2.45, 2.75) is 19.9 Å². The lowest BCUT2D eigenvalue weighted by atomic mass is 10.3. The van der Waals surface area contributed by atoms with E-state index >= 15 is 0 Å². The summed E-state index contributed by atoms with van der Waals surface area (Å²) in [7, 11) is 0. The molecule has 5 nitrogen and oxygen atoms in total. The van der Waals surface area contributed by atoms with Gasteiger partial charge in [-0.1, -0.05) is 0 Å². The summed E-state index contributed by atoms with van der Waals surface area (Å²) in [5, 5.41) is 10.3. The van der Waals surface area contributed by atoms with Crippen molar-refractivity contribution in [2.75, 3.05) is 5.32 Å². The van der Waals surface area contributed by atoms with Crippen LogP contribution in [0.25, 0.3) is 0 Å². The fourth-order valence-electron chi connectivity index (χ4n) is 1.35. The first-order valence-electron chi connectivity index (χ1n) is 5.00. The van der Waals surface area contributed by atoms with Crippen LogP contribution < -0.4 is 10.9 Å². The van der Waals surface area contributed by atoms with Crippen molar-refractivity contribution in [1.29, 1.82) is 0 Å². The number of anilines is 1. The topological polar surface area (TPSA) is 70.7 Å². The molecule has 0 aromatic carbocycles. The summed E-state index contributed by atoms with van der Waals surface area (Å²) < 4.78 is 0.452. The van der Waals surface area contributed by atoms with Crippen LogP contribution in [0.3, 0.4) is 0 Å². The Morgan fingerprint density at radius 2 is 2.29 bits per heavy atom. The van der Waals surface area contributed by atoms with Crippen LogP contribution in [-0.2, 0) is 0 Å². The Hall–Kier alpha value is -1.21. The van der Waals surface area contributed by atoms with Crippen molar-refractivity contribution in [3.8, 4) is 0 Å². The minimum atomic E-state index is -0.252. The molecule has 0 aliphatic rings. The predicted octanol–water partition coefficient (Wildman–Crippen LogP) is 2.47. The Balaban J connectivity index is 2.21. The minimum absolute atomic E-state index is 0.0357. The molecule has 0 bridgehead atoms. The van der Waals surface area contributed by atoms with Crippen molar-refractivity contribution in [3.63, 3.8) is 0 Å². The first-order chi connectivity index (χ1) is 8.08. The quantitative estimate of drug-likeness (QED) is 0.913. The van der Waals surface area contributed by atoms with Gasteiger partial charge in [-0.2, -0.15) is 5.10 Å². The SMILES string of the molecule is Cc1cnc(C(C)Nc2cn[nH]c(=O)c2Br)s1. The Kier molecular flexibility index (Phi) is 3.58. The van der Waals surface area contributed by atoms with E-state index in [0.29, 0.717) is 10.2 Å². The van der Waals surface area contributed by atoms with Crippen LogP contribution in [0, 0.1) is 6.92 Å². The van der Waals surface area contributed by atoms with Gasteiger partial charge in [-0.05, 0) is 29.8 Å². The molecule has 0 amide bonds. The molecule has 7 heteroatoms. The lowest BCUT2D eigenvalue weighted by Gasteiger charge is -2.12. The van der Waals surface area contributed by atoms with Gasteiger partial charge in [0.1, 0.15) is 9.48 Å². The second-order valence-electron chi connectivity index (χ2n) is 3.60. The van der Waals surface area contributed by atoms with Gasteiger partial charge in [-0.25, -0.2) is 10.1 Å². The van der Waals surface area contributed by atoms with Crippen LogP contribution in [0.4, 0.5) is 5.69 Å². The Morgan fingerprint density at radius 1 is 1.53 bits per heavy atom. The number of nitrogens with zero attached hydrogens (tertiary/aromatic N) is 2. The highest BCUT2D eigenvalue weighted by atomic mass is 79.9. The van der Waals surface area contributed by atoms with E-state index in [1.54, 1.807) is 17.5 Å². The van der Waals surface area contributed by atoms with Gasteiger partial charge in [0.15, 0.2) is 0 Å². The Morgan fingerprint density at radius 3 is 2.94 bits per heavy atom. The highest BCUT2D eigenvalue weighted by molar-refractivity contribution is 9.10. The second-order valence-corrected chi connectivity index (χ2v) is 5.66. The number of aromatic nitrogens is 3. The molecule has 0 saturated carbocycles. The number of aryl methyl sites for hydroxylation is 1. The summed E-state index contributed by atoms with van der Waals surface area (Å²) in [6.45, 7) is 4.00. The molecule has 2 heterocycles. The van der Waals surface area contributed by atoms with Crippen LogP contribution in [0.1, 0.15) is 22.9 Å². The number of aromatic amines is 1. The molecule has 0 fully saturated rings. The van der Waals surface area contributed by atoms with Crippen molar-refractivity contribution in [3.05, 3.63) is 37.1 Å². The monoisotopic (exact) mass is 314 g/mol. The van der Waals surface area contributed by atoms with Gasteiger partial charge in [-0.3, -0.25) is 4.79 Å². The number of rotatable bonds is 3. The smallest absolute Gasteiger partial charge is 0.280 e. The number of halogens is 1. The number of thiazole rings is 1. The van der Waals surface area contributed by atoms with E-state index in [-0.39, 0.29) is 11.6 Å². The van der Waals surface area contributed by atoms with Gasteiger partial charge in [0.2, 0.25) is 0 Å². The Bertz CT molecular complexity index is 580. The zero-order chi connectivity index (χ0) is 12.4. The highest BCUT2D eigenvalue weighted by Crippen LogP contribution is 2.25. The van der Waals surface area contributed by atoms with Gasteiger partial charge in [0.05, 0.1) is 17.9 Å². The van der Waals surface area contributed by atoms with Crippen molar-refractivity contribution in [2.24, 2.45) is 0 Å². The molecular weight excluding hydrogens is 304 g/mol. The van der Waals surface area contributed by atoms with Crippen LogP contribution in [0.5, 0.6) is 0 Å². The van der Waals surface area contributed by atoms with Gasteiger partial charge in [0, 0.05) is 11.1 Å². The van der Waals surface area contributed by atoms with Crippen LogP contribution in [-0.4, -0.2) is 15.2 Å². The molecule has 1 atom stereocenters. The molecule has 90 valence electrons. The maximum atomic E-state index is 11.3. The molecule has 17 heavy (non-hydrogen) atoms. The summed E-state index contributed by atoms with van der Waals surface area (Å²) in [5.74, 6) is 0. The zero-order valence-corrected chi connectivity index (χ0v) is 11.7. The fraction of sp³-hybridized carbons (Fsp3) is 0.300. The summed E-state index contributed by atoms with van der Waals surface area (Å²) in [6, 6.07) is 0.0357. The minimum Gasteiger partial charge on any atom is -0.374 e. The molecule has 0 spiro atoms. The van der Waals surface area contributed by atoms with E-state index in [2.05, 4.69) is 36.4 Å². The predicted molar refractivity (Wildman–Crippen MR) is 71.4 cm³/mol. The molecule has 2 aromatic heterocycles. The second kappa shape index (κ2) is 4.97. The lowest BCUT2D eigenvalue weighted by Crippen LogP contribution is -2.14. The van der Waals surface area contributed by atoms with Gasteiger partial charge in [-0.15, -0.1) is 11.3 Å². The van der Waals surface area contributed by atoms with Gasteiger partial charge in [0.25, 0.3) is 5.56 Å². The van der Waals surface area contributed by atoms with E-state index < -0.39 is 0 Å². The van der Waals surface area contributed by atoms with Crippen LogP contribution in [0.15, 0.2) is 21.7 Å². The number of nitrogens with one attached hydrogen (secondary N) is 2. The average molecular weight is 315 g/mol. The van der Waals surface area contributed by atoms with E-state index in [4.69, 9.17) is 0 Å². The third kappa shape index (κ3) is 2.73.